The molecule has 3 aromatic rings. The Labute approximate surface area is 149 Å². The number of nitrogen functional groups attached to an aromatic ring is 1. The Morgan fingerprint density at radius 1 is 1.15 bits per heavy atom. The van der Waals surface area contributed by atoms with E-state index in [9.17, 15) is 13.2 Å². The fourth-order valence-corrected chi connectivity index (χ4v) is 4.12. The molecule has 9 nitrogen and oxygen atoms in total. The minimum absolute atomic E-state index is 0.112. The zero-order chi connectivity index (χ0) is 18.3. The zero-order valence-corrected chi connectivity index (χ0v) is 14.5. The molecule has 2 N–H and O–H groups in total. The van der Waals surface area contributed by atoms with Gasteiger partial charge in [0.2, 0.25) is 5.09 Å². The minimum Gasteiger partial charge on any atom is -0.438 e. The average molecular weight is 376 g/mol. The molecule has 0 unspecified atom stereocenters. The third-order valence-electron chi connectivity index (χ3n) is 4.14. The molecule has 0 amide bonds. The number of hydrogen-bond acceptors (Lipinski definition) is 7. The molecule has 1 fully saturated rings. The molecule has 4 rings (SSSR count). The Kier molecular flexibility index (Phi) is 4.02. The molecule has 0 spiro atoms. The number of anilines is 1. The number of hydrogen-bond donors (Lipinski definition) is 1. The predicted octanol–water partition coefficient (Wildman–Crippen LogP) is 0.921. The summed E-state index contributed by atoms with van der Waals surface area (Å²) in [6.07, 6.45) is 1.51. The van der Waals surface area contributed by atoms with Crippen molar-refractivity contribution in [2.24, 2.45) is 0 Å². The summed E-state index contributed by atoms with van der Waals surface area (Å²) >= 11 is 0. The maximum Gasteiger partial charge on any atom is 0.314 e. The van der Waals surface area contributed by atoms with E-state index in [0.29, 0.717) is 29.8 Å². The lowest BCUT2D eigenvalue weighted by atomic mass is 10.2. The van der Waals surface area contributed by atoms with Gasteiger partial charge in [0.25, 0.3) is 10.0 Å². The van der Waals surface area contributed by atoms with Gasteiger partial charge in [-0.05, 0) is 30.3 Å². The lowest BCUT2D eigenvalue weighted by Crippen LogP contribution is -2.40. The first kappa shape index (κ1) is 16.8. The Morgan fingerprint density at radius 2 is 1.92 bits per heavy atom. The van der Waals surface area contributed by atoms with E-state index in [4.69, 9.17) is 14.9 Å². The molecule has 10 heteroatoms. The largest absolute Gasteiger partial charge is 0.438 e. The fourth-order valence-electron chi connectivity index (χ4n) is 2.81. The maximum atomic E-state index is 12.7. The van der Waals surface area contributed by atoms with Gasteiger partial charge >= 0.3 is 5.91 Å². The number of morpholine rings is 1. The van der Waals surface area contributed by atoms with Crippen molar-refractivity contribution in [3.8, 4) is 0 Å². The Bertz CT molecular complexity index is 1080. The molecule has 0 radical (unpaired) electrons. The van der Waals surface area contributed by atoms with Gasteiger partial charge in [-0.25, -0.2) is 8.42 Å². The van der Waals surface area contributed by atoms with Crippen LogP contribution in [0.5, 0.6) is 0 Å². The summed E-state index contributed by atoms with van der Waals surface area (Å²) in [5.74, 6) is -0.674. The van der Waals surface area contributed by atoms with Gasteiger partial charge in [0.15, 0.2) is 5.76 Å². The van der Waals surface area contributed by atoms with Crippen molar-refractivity contribution in [3.63, 3.8) is 0 Å². The van der Waals surface area contributed by atoms with Crippen molar-refractivity contribution in [3.05, 3.63) is 42.3 Å². The van der Waals surface area contributed by atoms with Crippen LogP contribution in [0.15, 0.2) is 46.0 Å². The summed E-state index contributed by atoms with van der Waals surface area (Å²) < 4.78 is 38.1. The second-order valence-electron chi connectivity index (χ2n) is 5.81. The van der Waals surface area contributed by atoms with Crippen molar-refractivity contribution in [1.29, 1.82) is 0 Å². The van der Waals surface area contributed by atoms with Crippen LogP contribution in [-0.2, 0) is 14.8 Å². The van der Waals surface area contributed by atoms with E-state index in [1.165, 1.54) is 22.6 Å². The second kappa shape index (κ2) is 6.24. The third kappa shape index (κ3) is 2.77. The molecule has 0 atom stereocenters. The number of fused-ring (bicyclic) bond motifs is 1. The SMILES string of the molecule is Nc1ccc2c(cnn2C(=O)c2ccc(S(=O)(=O)N3CCOCC3)o2)c1. The lowest BCUT2D eigenvalue weighted by Gasteiger charge is -2.24. The average Bonchev–Trinajstić information content (AvgIpc) is 3.29. The summed E-state index contributed by atoms with van der Waals surface area (Å²) in [4.78, 5) is 12.7. The minimum atomic E-state index is -3.80. The molecule has 0 bridgehead atoms. The number of nitrogens with two attached hydrogens (primary N) is 1. The van der Waals surface area contributed by atoms with E-state index in [1.54, 1.807) is 18.2 Å². The van der Waals surface area contributed by atoms with Gasteiger partial charge in [0.1, 0.15) is 0 Å². The number of furan rings is 1. The molecule has 2 aromatic heterocycles. The number of carbonyl (C=O) groups excluding carboxylic acids is 1. The molecular weight excluding hydrogens is 360 g/mol. The smallest absolute Gasteiger partial charge is 0.314 e. The second-order valence-corrected chi connectivity index (χ2v) is 7.68. The quantitative estimate of drug-likeness (QED) is 0.675. The van der Waals surface area contributed by atoms with E-state index in [-0.39, 0.29) is 23.9 Å². The van der Waals surface area contributed by atoms with E-state index >= 15 is 0 Å². The van der Waals surface area contributed by atoms with Gasteiger partial charge in [-0.2, -0.15) is 14.1 Å². The van der Waals surface area contributed by atoms with Crippen molar-refractivity contribution >= 4 is 32.5 Å². The van der Waals surface area contributed by atoms with Gasteiger partial charge in [-0.3, -0.25) is 4.79 Å². The number of rotatable bonds is 3. The lowest BCUT2D eigenvalue weighted by molar-refractivity contribution is 0.0722. The molecule has 1 aliphatic rings. The highest BCUT2D eigenvalue weighted by Crippen LogP contribution is 2.22. The Hall–Kier alpha value is -2.69. The molecule has 26 heavy (non-hydrogen) atoms. The summed E-state index contributed by atoms with van der Waals surface area (Å²) in [6, 6.07) is 7.64. The number of carbonyl (C=O) groups is 1. The summed E-state index contributed by atoms with van der Waals surface area (Å²) in [5, 5.41) is 4.47. The first-order valence-electron chi connectivity index (χ1n) is 7.92. The Balaban J connectivity index is 1.65. The summed E-state index contributed by atoms with van der Waals surface area (Å²) in [5.41, 5.74) is 6.83. The van der Waals surface area contributed by atoms with Crippen LogP contribution in [0.25, 0.3) is 10.9 Å². The molecule has 1 aromatic carbocycles. The normalized spacial score (nSPS) is 16.2. The van der Waals surface area contributed by atoms with Crippen molar-refractivity contribution in [1.82, 2.24) is 14.1 Å². The number of benzene rings is 1. The van der Waals surface area contributed by atoms with Crippen molar-refractivity contribution < 1.29 is 22.4 Å². The number of nitrogens with zero attached hydrogens (tertiary/aromatic N) is 3. The summed E-state index contributed by atoms with van der Waals surface area (Å²) in [6.45, 7) is 1.15. The van der Waals surface area contributed by atoms with E-state index < -0.39 is 15.9 Å². The molecule has 3 heterocycles. The van der Waals surface area contributed by atoms with Crippen LogP contribution in [0.3, 0.4) is 0 Å². The van der Waals surface area contributed by atoms with Crippen LogP contribution in [0.4, 0.5) is 5.69 Å². The number of aromatic nitrogens is 2. The topological polar surface area (TPSA) is 121 Å². The third-order valence-corrected chi connectivity index (χ3v) is 5.91. The fraction of sp³-hybridized carbons (Fsp3) is 0.250. The van der Waals surface area contributed by atoms with Crippen LogP contribution in [0, 0.1) is 0 Å². The number of ether oxygens (including phenoxy) is 1. The van der Waals surface area contributed by atoms with E-state index in [2.05, 4.69) is 5.10 Å². The van der Waals surface area contributed by atoms with Crippen LogP contribution in [0.1, 0.15) is 10.6 Å². The molecule has 0 saturated carbocycles. The predicted molar refractivity (Wildman–Crippen MR) is 92.2 cm³/mol. The summed E-state index contributed by atoms with van der Waals surface area (Å²) in [7, 11) is -3.80. The van der Waals surface area contributed by atoms with Crippen LogP contribution in [-0.4, -0.2) is 54.7 Å². The van der Waals surface area contributed by atoms with E-state index in [1.807, 2.05) is 0 Å². The van der Waals surface area contributed by atoms with Gasteiger partial charge < -0.3 is 14.9 Å². The zero-order valence-electron chi connectivity index (χ0n) is 13.7. The van der Waals surface area contributed by atoms with E-state index in [0.717, 1.165) is 4.68 Å². The van der Waals surface area contributed by atoms with Gasteiger partial charge in [-0.15, -0.1) is 0 Å². The molecule has 1 aliphatic heterocycles. The van der Waals surface area contributed by atoms with Crippen molar-refractivity contribution in [2.75, 3.05) is 32.0 Å². The Morgan fingerprint density at radius 3 is 2.69 bits per heavy atom. The molecule has 136 valence electrons. The van der Waals surface area contributed by atoms with Crippen molar-refractivity contribution in [2.45, 2.75) is 5.09 Å². The first-order valence-corrected chi connectivity index (χ1v) is 9.36. The van der Waals surface area contributed by atoms with Gasteiger partial charge in [-0.1, -0.05) is 0 Å². The monoisotopic (exact) mass is 376 g/mol. The van der Waals surface area contributed by atoms with Gasteiger partial charge in [0, 0.05) is 24.2 Å². The standard InChI is InChI=1S/C16H16N4O5S/c17-12-1-2-13-11(9-12)10-18-20(13)16(21)14-3-4-15(25-14)26(22,23)19-5-7-24-8-6-19/h1-4,9-10H,5-8,17H2. The molecule has 0 aliphatic carbocycles. The van der Waals surface area contributed by atoms with Gasteiger partial charge in [0.05, 0.1) is 24.9 Å². The highest BCUT2D eigenvalue weighted by Gasteiger charge is 2.30. The molecular formula is C16H16N4O5S. The van der Waals surface area contributed by atoms with Crippen LogP contribution in [0.2, 0.25) is 0 Å². The molecule has 1 saturated heterocycles. The van der Waals surface area contributed by atoms with Crippen LogP contribution < -0.4 is 5.73 Å². The first-order chi connectivity index (χ1) is 12.5. The number of sulfonamides is 1. The highest BCUT2D eigenvalue weighted by atomic mass is 32.2. The maximum absolute atomic E-state index is 12.7. The van der Waals surface area contributed by atoms with Crippen LogP contribution >= 0.6 is 0 Å². The highest BCUT2D eigenvalue weighted by molar-refractivity contribution is 7.89.